The molecule has 1 aromatic carbocycles. The Morgan fingerprint density at radius 2 is 2.17 bits per heavy atom. The Morgan fingerprint density at radius 1 is 1.39 bits per heavy atom. The zero-order valence-corrected chi connectivity index (χ0v) is 11.1. The lowest BCUT2D eigenvalue weighted by atomic mass is 10.1. The van der Waals surface area contributed by atoms with E-state index in [9.17, 15) is 4.79 Å². The average molecular weight is 246 g/mol. The third-order valence-electron chi connectivity index (χ3n) is 3.57. The van der Waals surface area contributed by atoms with Gasteiger partial charge in [0.1, 0.15) is 0 Å². The number of nitrogens with one attached hydrogen (secondary N) is 1. The maximum absolute atomic E-state index is 12.3. The maximum atomic E-state index is 12.3. The van der Waals surface area contributed by atoms with Crippen LogP contribution in [0, 0.1) is 0 Å². The van der Waals surface area contributed by atoms with Crippen molar-refractivity contribution in [1.82, 2.24) is 10.2 Å². The van der Waals surface area contributed by atoms with E-state index in [1.807, 2.05) is 23.1 Å². The minimum atomic E-state index is 0.0562. The van der Waals surface area contributed by atoms with E-state index >= 15 is 0 Å². The normalized spacial score (nSPS) is 18.8. The molecular weight excluding hydrogens is 224 g/mol. The number of carbonyl (C=O) groups is 1. The zero-order valence-electron chi connectivity index (χ0n) is 11.1. The van der Waals surface area contributed by atoms with Gasteiger partial charge in [0.15, 0.2) is 0 Å². The van der Waals surface area contributed by atoms with Crippen LogP contribution in [-0.4, -0.2) is 36.5 Å². The van der Waals surface area contributed by atoms with Crippen molar-refractivity contribution in [1.29, 1.82) is 0 Å². The highest BCUT2D eigenvalue weighted by atomic mass is 16.2. The fraction of sp³-hybridized carbons (Fsp3) is 0.533. The molecular formula is C15H22N2O. The standard InChI is InChI=1S/C15H22N2O/c1-2-17(15(18)14-9-6-11-16-14)12-10-13-7-4-3-5-8-13/h3-5,7-8,14,16H,2,6,9-12H2,1H3. The van der Waals surface area contributed by atoms with Crippen LogP contribution < -0.4 is 5.32 Å². The van der Waals surface area contributed by atoms with E-state index in [4.69, 9.17) is 0 Å². The quantitative estimate of drug-likeness (QED) is 0.859. The van der Waals surface area contributed by atoms with Gasteiger partial charge in [0.2, 0.25) is 5.91 Å². The zero-order chi connectivity index (χ0) is 12.8. The predicted molar refractivity (Wildman–Crippen MR) is 73.4 cm³/mol. The monoisotopic (exact) mass is 246 g/mol. The molecule has 1 aromatic rings. The molecule has 2 rings (SSSR count). The largest absolute Gasteiger partial charge is 0.341 e. The molecule has 0 aromatic heterocycles. The van der Waals surface area contributed by atoms with E-state index in [0.717, 1.165) is 38.9 Å². The summed E-state index contributed by atoms with van der Waals surface area (Å²) in [6.07, 6.45) is 3.04. The molecule has 1 aliphatic heterocycles. The topological polar surface area (TPSA) is 32.3 Å². The third kappa shape index (κ3) is 3.33. The Balaban J connectivity index is 1.87. The lowest BCUT2D eigenvalue weighted by molar-refractivity contribution is -0.132. The molecule has 1 unspecified atom stereocenters. The highest BCUT2D eigenvalue weighted by Crippen LogP contribution is 2.09. The predicted octanol–water partition coefficient (Wildman–Crippen LogP) is 1.83. The van der Waals surface area contributed by atoms with Gasteiger partial charge in [-0.15, -0.1) is 0 Å². The van der Waals surface area contributed by atoms with Gasteiger partial charge >= 0.3 is 0 Å². The fourth-order valence-corrected chi connectivity index (χ4v) is 2.45. The summed E-state index contributed by atoms with van der Waals surface area (Å²) in [4.78, 5) is 14.2. The van der Waals surface area contributed by atoms with Gasteiger partial charge < -0.3 is 10.2 Å². The van der Waals surface area contributed by atoms with Crippen molar-refractivity contribution in [2.24, 2.45) is 0 Å². The number of likely N-dealkylation sites (N-methyl/N-ethyl adjacent to an activating group) is 1. The second-order valence-electron chi connectivity index (χ2n) is 4.80. The average Bonchev–Trinajstić information content (AvgIpc) is 2.94. The molecule has 0 spiro atoms. The second kappa shape index (κ2) is 6.55. The first-order valence-electron chi connectivity index (χ1n) is 6.87. The Kier molecular flexibility index (Phi) is 4.76. The number of hydrogen-bond acceptors (Lipinski definition) is 2. The molecule has 1 saturated heterocycles. The van der Waals surface area contributed by atoms with Crippen LogP contribution in [-0.2, 0) is 11.2 Å². The first kappa shape index (κ1) is 13.1. The van der Waals surface area contributed by atoms with Crippen molar-refractivity contribution in [3.63, 3.8) is 0 Å². The lowest BCUT2D eigenvalue weighted by Gasteiger charge is -2.24. The van der Waals surface area contributed by atoms with E-state index < -0.39 is 0 Å². The van der Waals surface area contributed by atoms with Crippen LogP contribution in [0.3, 0.4) is 0 Å². The summed E-state index contributed by atoms with van der Waals surface area (Å²) >= 11 is 0. The van der Waals surface area contributed by atoms with Gasteiger partial charge in [-0.3, -0.25) is 4.79 Å². The minimum Gasteiger partial charge on any atom is -0.341 e. The number of amides is 1. The van der Waals surface area contributed by atoms with Gasteiger partial charge in [-0.25, -0.2) is 0 Å². The van der Waals surface area contributed by atoms with Gasteiger partial charge in [0.05, 0.1) is 6.04 Å². The number of nitrogens with zero attached hydrogens (tertiary/aromatic N) is 1. The van der Waals surface area contributed by atoms with Crippen molar-refractivity contribution in [3.05, 3.63) is 35.9 Å². The third-order valence-corrected chi connectivity index (χ3v) is 3.57. The molecule has 1 heterocycles. The molecule has 0 aliphatic carbocycles. The first-order valence-corrected chi connectivity index (χ1v) is 6.87. The molecule has 0 radical (unpaired) electrons. The van der Waals surface area contributed by atoms with E-state index in [1.54, 1.807) is 0 Å². The Bertz CT molecular complexity index is 371. The van der Waals surface area contributed by atoms with Crippen LogP contribution in [0.5, 0.6) is 0 Å². The summed E-state index contributed by atoms with van der Waals surface area (Å²) in [7, 11) is 0. The summed E-state index contributed by atoms with van der Waals surface area (Å²) in [5.41, 5.74) is 1.29. The lowest BCUT2D eigenvalue weighted by Crippen LogP contribution is -2.44. The number of benzene rings is 1. The molecule has 3 heteroatoms. The number of carbonyl (C=O) groups excluding carboxylic acids is 1. The number of hydrogen-bond donors (Lipinski definition) is 1. The molecule has 1 atom stereocenters. The number of rotatable bonds is 5. The van der Waals surface area contributed by atoms with E-state index in [2.05, 4.69) is 24.4 Å². The Labute approximate surface area is 109 Å². The fourth-order valence-electron chi connectivity index (χ4n) is 2.45. The SMILES string of the molecule is CCN(CCc1ccccc1)C(=O)C1CCCN1. The van der Waals surface area contributed by atoms with Gasteiger partial charge in [-0.1, -0.05) is 30.3 Å². The minimum absolute atomic E-state index is 0.0562. The maximum Gasteiger partial charge on any atom is 0.239 e. The first-order chi connectivity index (χ1) is 8.81. The van der Waals surface area contributed by atoms with E-state index in [0.29, 0.717) is 0 Å². The Hall–Kier alpha value is -1.35. The van der Waals surface area contributed by atoms with Crippen LogP contribution in [0.4, 0.5) is 0 Å². The van der Waals surface area contributed by atoms with Gasteiger partial charge in [0.25, 0.3) is 0 Å². The van der Waals surface area contributed by atoms with E-state index in [1.165, 1.54) is 5.56 Å². The molecule has 1 fully saturated rings. The van der Waals surface area contributed by atoms with Gasteiger partial charge in [0, 0.05) is 13.1 Å². The summed E-state index contributed by atoms with van der Waals surface area (Å²) in [5, 5.41) is 3.28. The van der Waals surface area contributed by atoms with Gasteiger partial charge in [-0.05, 0) is 38.3 Å². The summed E-state index contributed by atoms with van der Waals surface area (Å²) in [5.74, 6) is 0.269. The van der Waals surface area contributed by atoms with Crippen molar-refractivity contribution in [3.8, 4) is 0 Å². The van der Waals surface area contributed by atoms with Crippen molar-refractivity contribution in [2.75, 3.05) is 19.6 Å². The van der Waals surface area contributed by atoms with Crippen LogP contribution in [0.15, 0.2) is 30.3 Å². The molecule has 0 bridgehead atoms. The highest BCUT2D eigenvalue weighted by Gasteiger charge is 2.25. The molecule has 18 heavy (non-hydrogen) atoms. The molecule has 0 saturated carbocycles. The second-order valence-corrected chi connectivity index (χ2v) is 4.80. The van der Waals surface area contributed by atoms with Crippen molar-refractivity contribution in [2.45, 2.75) is 32.2 Å². The highest BCUT2D eigenvalue weighted by molar-refractivity contribution is 5.82. The van der Waals surface area contributed by atoms with Crippen LogP contribution in [0.2, 0.25) is 0 Å². The molecule has 1 aliphatic rings. The molecule has 1 N–H and O–H groups in total. The smallest absolute Gasteiger partial charge is 0.239 e. The van der Waals surface area contributed by atoms with Crippen LogP contribution in [0.25, 0.3) is 0 Å². The summed E-state index contributed by atoms with van der Waals surface area (Å²) in [6, 6.07) is 10.4. The summed E-state index contributed by atoms with van der Waals surface area (Å²) < 4.78 is 0. The summed E-state index contributed by atoms with van der Waals surface area (Å²) in [6.45, 7) is 4.64. The van der Waals surface area contributed by atoms with Crippen LogP contribution >= 0.6 is 0 Å². The van der Waals surface area contributed by atoms with E-state index in [-0.39, 0.29) is 11.9 Å². The molecule has 3 nitrogen and oxygen atoms in total. The molecule has 98 valence electrons. The van der Waals surface area contributed by atoms with Crippen molar-refractivity contribution < 1.29 is 4.79 Å². The van der Waals surface area contributed by atoms with Crippen LogP contribution in [0.1, 0.15) is 25.3 Å². The Morgan fingerprint density at radius 3 is 2.78 bits per heavy atom. The van der Waals surface area contributed by atoms with Crippen molar-refractivity contribution >= 4 is 5.91 Å². The molecule has 1 amide bonds. The van der Waals surface area contributed by atoms with Gasteiger partial charge in [-0.2, -0.15) is 0 Å².